The fraction of sp³-hybridized carbons (Fsp3) is 0.400. The van der Waals surface area contributed by atoms with Crippen LogP contribution in [0, 0.1) is 0 Å². The highest BCUT2D eigenvalue weighted by Gasteiger charge is 2.35. The average Bonchev–Trinajstić information content (AvgIpc) is 2.84. The summed E-state index contributed by atoms with van der Waals surface area (Å²) in [6, 6.07) is 33.1. The molecule has 0 fully saturated rings. The molecule has 3 aromatic rings. The molecule has 0 amide bonds. The SMILES string of the molecule is CCCCCCCCCCCC[N+](c1ccccc1)(c1ccccc1)c1ccccc1.[Br-]. The molecule has 0 atom stereocenters. The molecule has 0 bridgehead atoms. The first-order valence-electron chi connectivity index (χ1n) is 12.4. The summed E-state index contributed by atoms with van der Waals surface area (Å²) in [6.07, 6.45) is 13.7. The second-order valence-corrected chi connectivity index (χ2v) is 8.72. The van der Waals surface area contributed by atoms with Gasteiger partial charge in [-0.1, -0.05) is 113 Å². The third-order valence-corrected chi connectivity index (χ3v) is 6.44. The van der Waals surface area contributed by atoms with E-state index in [0.717, 1.165) is 11.0 Å². The van der Waals surface area contributed by atoms with Crippen LogP contribution >= 0.6 is 0 Å². The highest BCUT2D eigenvalue weighted by molar-refractivity contribution is 5.70. The second-order valence-electron chi connectivity index (χ2n) is 8.72. The van der Waals surface area contributed by atoms with Crippen LogP contribution in [0.25, 0.3) is 0 Å². The minimum atomic E-state index is 0. The van der Waals surface area contributed by atoms with Gasteiger partial charge >= 0.3 is 0 Å². The number of hydrogen-bond acceptors (Lipinski definition) is 0. The molecule has 3 aromatic carbocycles. The molecule has 0 aromatic heterocycles. The average molecular weight is 495 g/mol. The largest absolute Gasteiger partial charge is 1.00 e. The van der Waals surface area contributed by atoms with Gasteiger partial charge in [-0.2, -0.15) is 0 Å². The predicted molar refractivity (Wildman–Crippen MR) is 137 cm³/mol. The second kappa shape index (κ2) is 15.0. The molecule has 2 heteroatoms. The molecule has 0 N–H and O–H groups in total. The van der Waals surface area contributed by atoms with E-state index in [1.165, 1.54) is 81.3 Å². The smallest absolute Gasteiger partial charge is 0.143 e. The monoisotopic (exact) mass is 493 g/mol. The summed E-state index contributed by atoms with van der Waals surface area (Å²) in [6.45, 7) is 3.38. The topological polar surface area (TPSA) is 0 Å². The third-order valence-electron chi connectivity index (χ3n) is 6.44. The molecule has 172 valence electrons. The molecule has 0 saturated carbocycles. The highest BCUT2D eigenvalue weighted by atomic mass is 79.9. The van der Waals surface area contributed by atoms with E-state index >= 15 is 0 Å². The van der Waals surface area contributed by atoms with Crippen molar-refractivity contribution in [2.45, 2.75) is 71.1 Å². The molecule has 32 heavy (non-hydrogen) atoms. The van der Waals surface area contributed by atoms with E-state index < -0.39 is 0 Å². The van der Waals surface area contributed by atoms with Gasteiger partial charge in [0.1, 0.15) is 17.1 Å². The Kier molecular flexibility index (Phi) is 12.4. The first-order chi connectivity index (χ1) is 15.4. The van der Waals surface area contributed by atoms with E-state index in [0.29, 0.717) is 0 Å². The number of nitrogens with zero attached hydrogens (tertiary/aromatic N) is 1. The van der Waals surface area contributed by atoms with Crippen LogP contribution in [0.15, 0.2) is 91.0 Å². The van der Waals surface area contributed by atoms with E-state index in [9.17, 15) is 0 Å². The molecule has 0 saturated heterocycles. The fourth-order valence-corrected chi connectivity index (χ4v) is 4.72. The van der Waals surface area contributed by atoms with Crippen LogP contribution < -0.4 is 21.5 Å². The van der Waals surface area contributed by atoms with Crippen LogP contribution in [-0.4, -0.2) is 6.54 Å². The van der Waals surface area contributed by atoms with Crippen molar-refractivity contribution in [2.24, 2.45) is 0 Å². The van der Waals surface area contributed by atoms with Crippen LogP contribution in [0.1, 0.15) is 71.1 Å². The molecule has 0 heterocycles. The Morgan fingerprint density at radius 2 is 0.750 bits per heavy atom. The Morgan fingerprint density at radius 3 is 1.09 bits per heavy atom. The van der Waals surface area contributed by atoms with Crippen LogP contribution in [0.2, 0.25) is 0 Å². The quantitative estimate of drug-likeness (QED) is 0.175. The van der Waals surface area contributed by atoms with E-state index in [4.69, 9.17) is 0 Å². The first-order valence-corrected chi connectivity index (χ1v) is 12.4. The number of unbranched alkanes of at least 4 members (excludes halogenated alkanes) is 9. The zero-order chi connectivity index (χ0) is 21.6. The van der Waals surface area contributed by atoms with E-state index in [1.807, 2.05) is 0 Å². The van der Waals surface area contributed by atoms with Crippen LogP contribution in [0.4, 0.5) is 17.1 Å². The van der Waals surface area contributed by atoms with Crippen molar-refractivity contribution < 1.29 is 17.0 Å². The van der Waals surface area contributed by atoms with E-state index in [-0.39, 0.29) is 17.0 Å². The van der Waals surface area contributed by atoms with E-state index in [2.05, 4.69) is 97.9 Å². The standard InChI is InChI=1S/C30H40N.BrH/c1-2-3-4-5-6-7-8-9-10-20-27-31(28-21-14-11-15-22-28,29-23-16-12-17-24-29)30-25-18-13-19-26-30;/h11-19,21-26H,2-10,20,27H2,1H3;1H/q+1;/p-1. The third kappa shape index (κ3) is 7.32. The van der Waals surface area contributed by atoms with Crippen molar-refractivity contribution in [2.75, 3.05) is 6.54 Å². The predicted octanol–water partition coefficient (Wildman–Crippen LogP) is 6.58. The van der Waals surface area contributed by atoms with Crippen molar-refractivity contribution in [3.63, 3.8) is 0 Å². The van der Waals surface area contributed by atoms with Gasteiger partial charge in [0.25, 0.3) is 0 Å². The summed E-state index contributed by atoms with van der Waals surface area (Å²) in [5.41, 5.74) is 4.03. The molecular formula is C30H40BrN. The lowest BCUT2D eigenvalue weighted by Crippen LogP contribution is -3.00. The van der Waals surface area contributed by atoms with Gasteiger partial charge in [-0.05, 0) is 49.2 Å². The van der Waals surface area contributed by atoms with Crippen molar-refractivity contribution >= 4 is 17.1 Å². The highest BCUT2D eigenvalue weighted by Crippen LogP contribution is 2.43. The summed E-state index contributed by atoms with van der Waals surface area (Å²) in [5.74, 6) is 0. The summed E-state index contributed by atoms with van der Waals surface area (Å²) in [4.78, 5) is 0. The van der Waals surface area contributed by atoms with Gasteiger partial charge < -0.3 is 17.0 Å². The molecule has 0 unspecified atom stereocenters. The summed E-state index contributed by atoms with van der Waals surface area (Å²) >= 11 is 0. The van der Waals surface area contributed by atoms with Gasteiger partial charge in [0.15, 0.2) is 0 Å². The Morgan fingerprint density at radius 1 is 0.438 bits per heavy atom. The normalized spacial score (nSPS) is 11.2. The van der Waals surface area contributed by atoms with Crippen molar-refractivity contribution in [1.29, 1.82) is 0 Å². The lowest BCUT2D eigenvalue weighted by atomic mass is 10.0. The Hall–Kier alpha value is -1.90. The zero-order valence-corrected chi connectivity index (χ0v) is 21.3. The summed E-state index contributed by atoms with van der Waals surface area (Å²) in [7, 11) is 0. The Bertz CT molecular complexity index is 736. The maximum Gasteiger partial charge on any atom is 0.143 e. The number of halogens is 1. The summed E-state index contributed by atoms with van der Waals surface area (Å²) in [5, 5.41) is 0. The molecule has 1 nitrogen and oxygen atoms in total. The summed E-state index contributed by atoms with van der Waals surface area (Å²) < 4.78 is 0.791. The molecule has 3 rings (SSSR count). The van der Waals surface area contributed by atoms with Gasteiger partial charge in [0, 0.05) is 0 Å². The molecule has 0 spiro atoms. The van der Waals surface area contributed by atoms with Gasteiger partial charge in [0.05, 0.1) is 6.54 Å². The Labute approximate surface area is 206 Å². The zero-order valence-electron chi connectivity index (χ0n) is 19.8. The van der Waals surface area contributed by atoms with E-state index in [1.54, 1.807) is 0 Å². The molecular weight excluding hydrogens is 454 g/mol. The molecule has 0 aliphatic rings. The van der Waals surface area contributed by atoms with Crippen LogP contribution in [-0.2, 0) is 0 Å². The fourth-order valence-electron chi connectivity index (χ4n) is 4.72. The van der Waals surface area contributed by atoms with Gasteiger partial charge in [0.2, 0.25) is 0 Å². The minimum absolute atomic E-state index is 0. The van der Waals surface area contributed by atoms with Crippen molar-refractivity contribution in [3.8, 4) is 0 Å². The van der Waals surface area contributed by atoms with Gasteiger partial charge in [-0.15, -0.1) is 0 Å². The van der Waals surface area contributed by atoms with Crippen LogP contribution in [0.5, 0.6) is 0 Å². The molecule has 0 radical (unpaired) electrons. The number of rotatable bonds is 14. The van der Waals surface area contributed by atoms with Gasteiger partial charge in [-0.3, -0.25) is 0 Å². The Balaban J connectivity index is 0.00000363. The molecule has 0 aliphatic carbocycles. The first kappa shape index (κ1) is 26.4. The van der Waals surface area contributed by atoms with Crippen molar-refractivity contribution in [3.05, 3.63) is 91.0 Å². The maximum atomic E-state index is 2.29. The number of hydrogen-bond donors (Lipinski definition) is 0. The van der Waals surface area contributed by atoms with Gasteiger partial charge in [-0.25, -0.2) is 4.48 Å². The van der Waals surface area contributed by atoms with Crippen LogP contribution in [0.3, 0.4) is 0 Å². The number of para-hydroxylation sites is 3. The number of quaternary nitrogens is 1. The maximum absolute atomic E-state index is 2.29. The number of benzene rings is 3. The van der Waals surface area contributed by atoms with Crippen molar-refractivity contribution in [1.82, 2.24) is 4.48 Å². The molecule has 0 aliphatic heterocycles. The minimum Gasteiger partial charge on any atom is -1.00 e. The lowest BCUT2D eigenvalue weighted by Gasteiger charge is -2.37. The lowest BCUT2D eigenvalue weighted by molar-refractivity contribution is -0.00000635.